The lowest BCUT2D eigenvalue weighted by molar-refractivity contribution is 0.308. The van der Waals surface area contributed by atoms with Crippen molar-refractivity contribution in [1.82, 2.24) is 0 Å². The van der Waals surface area contributed by atoms with Gasteiger partial charge < -0.3 is 5.21 Å². The molecular weight excluding hydrogens is 126 g/mol. The molecule has 0 aliphatic rings. The van der Waals surface area contributed by atoms with Gasteiger partial charge in [-0.25, -0.2) is 0 Å². The van der Waals surface area contributed by atoms with Crippen LogP contribution in [0.1, 0.15) is 27.2 Å². The minimum atomic E-state index is -0.0590. The quantitative estimate of drug-likeness (QED) is 0.278. The maximum atomic E-state index is 8.45. The number of allylic oxidation sites excluding steroid dienone is 1. The van der Waals surface area contributed by atoms with Crippen LogP contribution < -0.4 is 0 Å². The zero-order valence-corrected chi connectivity index (χ0v) is 6.89. The van der Waals surface area contributed by atoms with Crippen LogP contribution >= 0.6 is 0 Å². The second-order valence-electron chi connectivity index (χ2n) is 3.06. The molecule has 2 heteroatoms. The molecule has 0 spiro atoms. The van der Waals surface area contributed by atoms with Gasteiger partial charge in [-0.15, -0.1) is 6.58 Å². The van der Waals surface area contributed by atoms with E-state index in [1.54, 1.807) is 0 Å². The highest BCUT2D eigenvalue weighted by molar-refractivity contribution is 5.86. The molecule has 1 N–H and O–H groups in total. The third-order valence-electron chi connectivity index (χ3n) is 1.78. The minimum Gasteiger partial charge on any atom is -0.411 e. The molecule has 0 aliphatic carbocycles. The first-order valence-electron chi connectivity index (χ1n) is 3.34. The van der Waals surface area contributed by atoms with Crippen molar-refractivity contribution in [2.24, 2.45) is 10.6 Å². The van der Waals surface area contributed by atoms with E-state index in [2.05, 4.69) is 11.7 Å². The molecule has 0 saturated carbocycles. The van der Waals surface area contributed by atoms with E-state index in [4.69, 9.17) is 5.21 Å². The van der Waals surface area contributed by atoms with Crippen LogP contribution in [-0.4, -0.2) is 10.9 Å². The van der Waals surface area contributed by atoms with Crippen LogP contribution in [0.4, 0.5) is 0 Å². The highest BCUT2D eigenvalue weighted by atomic mass is 16.4. The van der Waals surface area contributed by atoms with E-state index in [-0.39, 0.29) is 5.41 Å². The number of nitrogens with zero attached hydrogens (tertiary/aromatic N) is 1. The summed E-state index contributed by atoms with van der Waals surface area (Å²) in [6, 6.07) is 0. The Morgan fingerprint density at radius 1 is 1.70 bits per heavy atom. The van der Waals surface area contributed by atoms with E-state index < -0.39 is 0 Å². The number of rotatable bonds is 3. The van der Waals surface area contributed by atoms with Crippen molar-refractivity contribution in [2.45, 2.75) is 27.2 Å². The van der Waals surface area contributed by atoms with Crippen molar-refractivity contribution in [3.05, 3.63) is 12.7 Å². The number of hydrogen-bond acceptors (Lipinski definition) is 2. The molecule has 10 heavy (non-hydrogen) atoms. The van der Waals surface area contributed by atoms with Gasteiger partial charge in [-0.2, -0.15) is 0 Å². The topological polar surface area (TPSA) is 32.6 Å². The lowest BCUT2D eigenvalue weighted by atomic mass is 9.85. The Balaban J connectivity index is 4.23. The van der Waals surface area contributed by atoms with E-state index in [1.165, 1.54) is 0 Å². The SMILES string of the molecule is C=CCC(C)(C)/C(C)=N/O. The van der Waals surface area contributed by atoms with Gasteiger partial charge >= 0.3 is 0 Å². The molecule has 0 saturated heterocycles. The molecule has 0 aromatic carbocycles. The first kappa shape index (κ1) is 9.21. The zero-order chi connectivity index (χ0) is 8.20. The molecule has 0 bridgehead atoms. The van der Waals surface area contributed by atoms with Crippen LogP contribution in [0.5, 0.6) is 0 Å². The second-order valence-corrected chi connectivity index (χ2v) is 3.06. The van der Waals surface area contributed by atoms with Crippen molar-refractivity contribution in [1.29, 1.82) is 0 Å². The Morgan fingerprint density at radius 2 is 2.20 bits per heavy atom. The Kier molecular flexibility index (Phi) is 3.13. The molecule has 0 aromatic heterocycles. The Morgan fingerprint density at radius 3 is 2.50 bits per heavy atom. The van der Waals surface area contributed by atoms with Crippen molar-refractivity contribution < 1.29 is 5.21 Å². The van der Waals surface area contributed by atoms with E-state index in [0.29, 0.717) is 0 Å². The second kappa shape index (κ2) is 3.40. The van der Waals surface area contributed by atoms with Gasteiger partial charge in [0.05, 0.1) is 5.71 Å². The largest absolute Gasteiger partial charge is 0.411 e. The fraction of sp³-hybridized carbons (Fsp3) is 0.625. The highest BCUT2D eigenvalue weighted by Gasteiger charge is 2.19. The summed E-state index contributed by atoms with van der Waals surface area (Å²) in [6.45, 7) is 9.47. The number of hydrogen-bond donors (Lipinski definition) is 1. The van der Waals surface area contributed by atoms with E-state index >= 15 is 0 Å². The Labute approximate surface area is 62.2 Å². The lowest BCUT2D eigenvalue weighted by Crippen LogP contribution is -2.20. The molecule has 0 aromatic rings. The zero-order valence-electron chi connectivity index (χ0n) is 6.89. The third kappa shape index (κ3) is 2.21. The van der Waals surface area contributed by atoms with Gasteiger partial charge in [-0.3, -0.25) is 0 Å². The van der Waals surface area contributed by atoms with Crippen LogP contribution in [0.15, 0.2) is 17.8 Å². The van der Waals surface area contributed by atoms with Crippen LogP contribution in [0.2, 0.25) is 0 Å². The average molecular weight is 141 g/mol. The van der Waals surface area contributed by atoms with Gasteiger partial charge in [0, 0.05) is 5.41 Å². The van der Waals surface area contributed by atoms with Crippen molar-refractivity contribution in [3.63, 3.8) is 0 Å². The summed E-state index contributed by atoms with van der Waals surface area (Å²) in [6.07, 6.45) is 2.66. The summed E-state index contributed by atoms with van der Waals surface area (Å²) in [4.78, 5) is 0. The summed E-state index contributed by atoms with van der Waals surface area (Å²) < 4.78 is 0. The first-order valence-corrected chi connectivity index (χ1v) is 3.34. The van der Waals surface area contributed by atoms with Crippen LogP contribution in [-0.2, 0) is 0 Å². The van der Waals surface area contributed by atoms with Gasteiger partial charge in [0.25, 0.3) is 0 Å². The summed E-state index contributed by atoms with van der Waals surface area (Å²) in [5.41, 5.74) is 0.684. The van der Waals surface area contributed by atoms with Gasteiger partial charge in [0.2, 0.25) is 0 Å². The van der Waals surface area contributed by atoms with Crippen LogP contribution in [0.3, 0.4) is 0 Å². The Bertz CT molecular complexity index is 147. The summed E-state index contributed by atoms with van der Waals surface area (Å²) in [5, 5.41) is 11.6. The normalized spacial score (nSPS) is 13.3. The molecular formula is C8H15NO. The summed E-state index contributed by atoms with van der Waals surface area (Å²) >= 11 is 0. The summed E-state index contributed by atoms with van der Waals surface area (Å²) in [5.74, 6) is 0. The van der Waals surface area contributed by atoms with Crippen molar-refractivity contribution in [2.75, 3.05) is 0 Å². The van der Waals surface area contributed by atoms with E-state index in [9.17, 15) is 0 Å². The Hall–Kier alpha value is -0.790. The minimum absolute atomic E-state index is 0.0590. The molecule has 0 amide bonds. The molecule has 2 nitrogen and oxygen atoms in total. The average Bonchev–Trinajstić information content (AvgIpc) is 1.86. The smallest absolute Gasteiger partial charge is 0.0599 e. The van der Waals surface area contributed by atoms with Gasteiger partial charge in [-0.05, 0) is 13.3 Å². The predicted octanol–water partition coefficient (Wildman–Crippen LogP) is 2.44. The van der Waals surface area contributed by atoms with E-state index in [0.717, 1.165) is 12.1 Å². The fourth-order valence-electron chi connectivity index (χ4n) is 0.644. The monoisotopic (exact) mass is 141 g/mol. The molecule has 58 valence electrons. The fourth-order valence-corrected chi connectivity index (χ4v) is 0.644. The van der Waals surface area contributed by atoms with Gasteiger partial charge in [-0.1, -0.05) is 25.1 Å². The predicted molar refractivity (Wildman–Crippen MR) is 43.5 cm³/mol. The maximum absolute atomic E-state index is 8.45. The summed E-state index contributed by atoms with van der Waals surface area (Å²) in [7, 11) is 0. The third-order valence-corrected chi connectivity index (χ3v) is 1.78. The van der Waals surface area contributed by atoms with Crippen LogP contribution in [0.25, 0.3) is 0 Å². The molecule has 0 unspecified atom stereocenters. The molecule has 0 atom stereocenters. The van der Waals surface area contributed by atoms with Gasteiger partial charge in [0.15, 0.2) is 0 Å². The van der Waals surface area contributed by atoms with Crippen molar-refractivity contribution >= 4 is 5.71 Å². The number of oxime groups is 1. The lowest BCUT2D eigenvalue weighted by Gasteiger charge is -2.20. The highest BCUT2D eigenvalue weighted by Crippen LogP contribution is 2.22. The van der Waals surface area contributed by atoms with E-state index in [1.807, 2.05) is 26.8 Å². The van der Waals surface area contributed by atoms with Gasteiger partial charge in [0.1, 0.15) is 0 Å². The van der Waals surface area contributed by atoms with Crippen molar-refractivity contribution in [3.8, 4) is 0 Å². The molecule has 0 rings (SSSR count). The molecule has 0 fully saturated rings. The molecule has 0 heterocycles. The molecule has 0 radical (unpaired) electrons. The maximum Gasteiger partial charge on any atom is 0.0599 e. The molecule has 0 aliphatic heterocycles. The standard InChI is InChI=1S/C8H15NO/c1-5-6-8(3,4)7(2)9-10/h5,10H,1,6H2,2-4H3/b9-7+. The van der Waals surface area contributed by atoms with Crippen LogP contribution in [0, 0.1) is 5.41 Å². The first-order chi connectivity index (χ1) is 4.54.